The fourth-order valence-corrected chi connectivity index (χ4v) is 4.31. The fourth-order valence-electron chi connectivity index (χ4n) is 4.31. The van der Waals surface area contributed by atoms with E-state index in [9.17, 15) is 5.11 Å². The van der Waals surface area contributed by atoms with Crippen LogP contribution in [0.25, 0.3) is 0 Å². The van der Waals surface area contributed by atoms with Crippen LogP contribution in [0.2, 0.25) is 0 Å². The van der Waals surface area contributed by atoms with E-state index in [0.29, 0.717) is 17.7 Å². The Labute approximate surface area is 128 Å². The summed E-state index contributed by atoms with van der Waals surface area (Å²) < 4.78 is 0. The van der Waals surface area contributed by atoms with Gasteiger partial charge in [-0.2, -0.15) is 0 Å². The molecule has 1 aliphatic heterocycles. The molecule has 1 saturated heterocycles. The van der Waals surface area contributed by atoms with Gasteiger partial charge in [-0.25, -0.2) is 0 Å². The van der Waals surface area contributed by atoms with Crippen LogP contribution in [0.5, 0.6) is 5.75 Å². The summed E-state index contributed by atoms with van der Waals surface area (Å²) in [6.45, 7) is 13.2. The summed E-state index contributed by atoms with van der Waals surface area (Å²) in [5, 5.41) is 9.86. The Morgan fingerprint density at radius 2 is 2.24 bits per heavy atom. The standard InChI is InChI=1S/C19H27NO/c1-13(2)7-9-20-10-8-19(4)14(3)18(20)11-15-5-6-16(21)12-17(15)19/h5-6,12,14,18,21H,1,7-11H2,2-4H3/t14-,18+,19+/m1/s1. The average molecular weight is 285 g/mol. The van der Waals surface area contributed by atoms with Gasteiger partial charge in [0.15, 0.2) is 0 Å². The van der Waals surface area contributed by atoms with Crippen molar-refractivity contribution in [1.29, 1.82) is 0 Å². The summed E-state index contributed by atoms with van der Waals surface area (Å²) in [5.41, 5.74) is 4.29. The molecule has 3 atom stereocenters. The summed E-state index contributed by atoms with van der Waals surface area (Å²) in [7, 11) is 0. The van der Waals surface area contributed by atoms with Gasteiger partial charge < -0.3 is 5.11 Å². The molecule has 3 rings (SSSR count). The van der Waals surface area contributed by atoms with E-state index in [2.05, 4.69) is 38.3 Å². The molecule has 0 spiro atoms. The zero-order valence-corrected chi connectivity index (χ0v) is 13.5. The molecule has 2 heteroatoms. The van der Waals surface area contributed by atoms with Gasteiger partial charge in [-0.15, -0.1) is 6.58 Å². The Morgan fingerprint density at radius 3 is 2.95 bits per heavy atom. The Bertz CT molecular complexity index is 565. The van der Waals surface area contributed by atoms with Gasteiger partial charge in [-0.3, -0.25) is 4.90 Å². The zero-order chi connectivity index (χ0) is 15.2. The predicted molar refractivity (Wildman–Crippen MR) is 87.7 cm³/mol. The van der Waals surface area contributed by atoms with Crippen molar-refractivity contribution in [2.45, 2.75) is 51.5 Å². The second kappa shape index (κ2) is 5.17. The van der Waals surface area contributed by atoms with Crippen molar-refractivity contribution in [2.24, 2.45) is 5.92 Å². The van der Waals surface area contributed by atoms with Gasteiger partial charge in [0, 0.05) is 12.6 Å². The highest BCUT2D eigenvalue weighted by Gasteiger charge is 2.48. The smallest absolute Gasteiger partial charge is 0.115 e. The third-order valence-corrected chi connectivity index (χ3v) is 5.93. The second-order valence-corrected chi connectivity index (χ2v) is 7.31. The molecule has 21 heavy (non-hydrogen) atoms. The number of rotatable bonds is 3. The molecule has 2 aliphatic rings. The summed E-state index contributed by atoms with van der Waals surface area (Å²) >= 11 is 0. The predicted octanol–water partition coefficient (Wildman–Crippen LogP) is 3.88. The molecule has 114 valence electrons. The number of benzene rings is 1. The van der Waals surface area contributed by atoms with Crippen LogP contribution >= 0.6 is 0 Å². The maximum absolute atomic E-state index is 9.86. The molecule has 0 saturated carbocycles. The van der Waals surface area contributed by atoms with E-state index >= 15 is 0 Å². The summed E-state index contributed by atoms with van der Waals surface area (Å²) in [6, 6.07) is 6.60. The largest absolute Gasteiger partial charge is 0.508 e. The molecule has 0 unspecified atom stereocenters. The van der Waals surface area contributed by atoms with Gasteiger partial charge >= 0.3 is 0 Å². The van der Waals surface area contributed by atoms with Crippen LogP contribution in [0.1, 0.15) is 44.7 Å². The summed E-state index contributed by atoms with van der Waals surface area (Å²) in [4.78, 5) is 2.66. The molecule has 1 heterocycles. The van der Waals surface area contributed by atoms with Gasteiger partial charge in [0.05, 0.1) is 0 Å². The molecule has 2 nitrogen and oxygen atoms in total. The first-order valence-corrected chi connectivity index (χ1v) is 8.12. The molecule has 0 amide bonds. The molecule has 1 N–H and O–H groups in total. The minimum Gasteiger partial charge on any atom is -0.508 e. The third kappa shape index (κ3) is 2.40. The second-order valence-electron chi connectivity index (χ2n) is 7.31. The number of phenols is 1. The zero-order valence-electron chi connectivity index (χ0n) is 13.5. The van der Waals surface area contributed by atoms with Crippen LogP contribution in [-0.4, -0.2) is 29.1 Å². The first-order chi connectivity index (χ1) is 9.91. The van der Waals surface area contributed by atoms with E-state index in [1.54, 1.807) is 0 Å². The first kappa shape index (κ1) is 14.6. The number of aromatic hydroxyl groups is 1. The number of phenolic OH excluding ortho intramolecular Hbond substituents is 1. The molecule has 1 fully saturated rings. The van der Waals surface area contributed by atoms with Crippen molar-refractivity contribution in [3.63, 3.8) is 0 Å². The molecular weight excluding hydrogens is 258 g/mol. The minimum absolute atomic E-state index is 0.205. The van der Waals surface area contributed by atoms with Crippen molar-refractivity contribution in [3.8, 4) is 5.75 Å². The molecule has 1 aliphatic carbocycles. The molecular formula is C19H27NO. The van der Waals surface area contributed by atoms with Crippen LogP contribution in [0.15, 0.2) is 30.4 Å². The van der Waals surface area contributed by atoms with E-state index in [4.69, 9.17) is 0 Å². The Balaban J connectivity index is 1.92. The third-order valence-electron chi connectivity index (χ3n) is 5.93. The van der Waals surface area contributed by atoms with Gasteiger partial charge in [0.25, 0.3) is 0 Å². The number of hydrogen-bond acceptors (Lipinski definition) is 2. The number of fused-ring (bicyclic) bond motifs is 4. The molecule has 2 bridgehead atoms. The number of hydrogen-bond donors (Lipinski definition) is 1. The molecule has 1 aromatic rings. The van der Waals surface area contributed by atoms with Crippen molar-refractivity contribution in [2.75, 3.05) is 13.1 Å². The lowest BCUT2D eigenvalue weighted by molar-refractivity contribution is 0.0322. The van der Waals surface area contributed by atoms with Crippen molar-refractivity contribution in [3.05, 3.63) is 41.5 Å². The SMILES string of the molecule is C=C(C)CCN1CC[C@]2(C)c3cc(O)ccc3C[C@H]1[C@H]2C. The molecule has 0 aromatic heterocycles. The lowest BCUT2D eigenvalue weighted by atomic mass is 9.59. The molecule has 0 radical (unpaired) electrons. The summed E-state index contributed by atoms with van der Waals surface area (Å²) in [5.74, 6) is 1.04. The van der Waals surface area contributed by atoms with Crippen molar-refractivity contribution < 1.29 is 5.11 Å². The lowest BCUT2D eigenvalue weighted by Gasteiger charge is -2.54. The monoisotopic (exact) mass is 285 g/mol. The first-order valence-electron chi connectivity index (χ1n) is 8.12. The normalized spacial score (nSPS) is 31.8. The van der Waals surface area contributed by atoms with Gasteiger partial charge in [-0.05, 0) is 67.3 Å². The maximum Gasteiger partial charge on any atom is 0.115 e. The van der Waals surface area contributed by atoms with E-state index in [-0.39, 0.29) is 5.41 Å². The van der Waals surface area contributed by atoms with E-state index in [1.165, 1.54) is 23.1 Å². The lowest BCUT2D eigenvalue weighted by Crippen LogP contribution is -2.58. The fraction of sp³-hybridized carbons (Fsp3) is 0.579. The highest BCUT2D eigenvalue weighted by Crippen LogP contribution is 2.49. The van der Waals surface area contributed by atoms with Crippen LogP contribution in [-0.2, 0) is 11.8 Å². The Morgan fingerprint density at radius 1 is 1.48 bits per heavy atom. The number of nitrogens with zero attached hydrogens (tertiary/aromatic N) is 1. The summed E-state index contributed by atoms with van der Waals surface area (Å²) in [6.07, 6.45) is 3.39. The van der Waals surface area contributed by atoms with Crippen molar-refractivity contribution in [1.82, 2.24) is 4.90 Å². The van der Waals surface area contributed by atoms with Crippen LogP contribution in [0.4, 0.5) is 0 Å². The Hall–Kier alpha value is -1.28. The van der Waals surface area contributed by atoms with Crippen LogP contribution in [0.3, 0.4) is 0 Å². The quantitative estimate of drug-likeness (QED) is 0.852. The number of likely N-dealkylation sites (tertiary alicyclic amines) is 1. The topological polar surface area (TPSA) is 23.5 Å². The number of piperidine rings is 1. The molecule has 1 aromatic carbocycles. The highest BCUT2D eigenvalue weighted by atomic mass is 16.3. The highest BCUT2D eigenvalue weighted by molar-refractivity contribution is 5.44. The van der Waals surface area contributed by atoms with Crippen LogP contribution < -0.4 is 0 Å². The van der Waals surface area contributed by atoms with E-state index in [1.807, 2.05) is 12.1 Å². The van der Waals surface area contributed by atoms with Gasteiger partial charge in [0.2, 0.25) is 0 Å². The van der Waals surface area contributed by atoms with Gasteiger partial charge in [-0.1, -0.05) is 25.5 Å². The average Bonchev–Trinajstić information content (AvgIpc) is 2.43. The minimum atomic E-state index is 0.205. The van der Waals surface area contributed by atoms with E-state index in [0.717, 1.165) is 25.9 Å². The van der Waals surface area contributed by atoms with Crippen LogP contribution in [0, 0.1) is 5.92 Å². The maximum atomic E-state index is 9.86. The Kier molecular flexibility index (Phi) is 3.61. The van der Waals surface area contributed by atoms with Crippen molar-refractivity contribution >= 4 is 0 Å². The van der Waals surface area contributed by atoms with Gasteiger partial charge in [0.1, 0.15) is 5.75 Å². The van der Waals surface area contributed by atoms with E-state index < -0.39 is 0 Å².